The van der Waals surface area contributed by atoms with Crippen LogP contribution >= 0.6 is 0 Å². The van der Waals surface area contributed by atoms with E-state index in [0.29, 0.717) is 6.17 Å². The molecule has 0 aromatic carbocycles. The Bertz CT molecular complexity index is 194. The molecule has 0 spiro atoms. The molecule has 2 heteroatoms. The highest BCUT2D eigenvalue weighted by molar-refractivity contribution is 4.71. The predicted octanol–water partition coefficient (Wildman–Crippen LogP) is 4.55. The monoisotopic (exact) mass is 268 g/mol. The van der Waals surface area contributed by atoms with Gasteiger partial charge >= 0.3 is 0 Å². The van der Waals surface area contributed by atoms with Crippen LogP contribution in [0.3, 0.4) is 0 Å². The van der Waals surface area contributed by atoms with Gasteiger partial charge in [-0.1, -0.05) is 64.7 Å². The minimum atomic E-state index is 0.604. The van der Waals surface area contributed by atoms with Crippen molar-refractivity contribution in [3.8, 4) is 0 Å². The van der Waals surface area contributed by atoms with E-state index in [9.17, 15) is 0 Å². The van der Waals surface area contributed by atoms with E-state index in [2.05, 4.69) is 24.1 Å². The fourth-order valence-corrected chi connectivity index (χ4v) is 3.02. The van der Waals surface area contributed by atoms with Gasteiger partial charge in [-0.3, -0.25) is 4.90 Å². The molecule has 0 aliphatic carbocycles. The number of hydrogen-bond donors (Lipinski definition) is 1. The van der Waals surface area contributed by atoms with Gasteiger partial charge in [0, 0.05) is 6.54 Å². The van der Waals surface area contributed by atoms with E-state index in [-0.39, 0.29) is 0 Å². The fraction of sp³-hybridized carbons (Fsp3) is 1.00. The molecule has 114 valence electrons. The lowest BCUT2D eigenvalue weighted by Crippen LogP contribution is -2.49. The number of rotatable bonds is 11. The van der Waals surface area contributed by atoms with Gasteiger partial charge in [0.25, 0.3) is 0 Å². The highest BCUT2D eigenvalue weighted by Crippen LogP contribution is 2.12. The highest BCUT2D eigenvalue weighted by atomic mass is 15.3. The van der Waals surface area contributed by atoms with Gasteiger partial charge in [0.1, 0.15) is 0 Å². The van der Waals surface area contributed by atoms with Crippen molar-refractivity contribution in [2.24, 2.45) is 0 Å². The summed E-state index contributed by atoms with van der Waals surface area (Å²) >= 11 is 0. The van der Waals surface area contributed by atoms with Crippen LogP contribution in [0.2, 0.25) is 0 Å². The Kier molecular flexibility index (Phi) is 10.5. The largest absolute Gasteiger partial charge is 0.302 e. The maximum Gasteiger partial charge on any atom is 0.0567 e. The normalized spacial score (nSPS) is 20.8. The molecule has 1 atom stereocenters. The quantitative estimate of drug-likeness (QED) is 0.553. The smallest absolute Gasteiger partial charge is 0.0567 e. The van der Waals surface area contributed by atoms with Crippen molar-refractivity contribution in [3.05, 3.63) is 0 Å². The van der Waals surface area contributed by atoms with Crippen LogP contribution in [-0.2, 0) is 0 Å². The summed E-state index contributed by atoms with van der Waals surface area (Å²) in [6, 6.07) is 0. The van der Waals surface area contributed by atoms with Gasteiger partial charge in [-0.05, 0) is 32.9 Å². The van der Waals surface area contributed by atoms with Gasteiger partial charge in [0.15, 0.2) is 0 Å². The zero-order valence-corrected chi connectivity index (χ0v) is 13.4. The third kappa shape index (κ3) is 8.65. The molecule has 0 aromatic heterocycles. The molecule has 1 aliphatic heterocycles. The molecule has 0 saturated carbocycles. The molecule has 1 aliphatic rings. The minimum absolute atomic E-state index is 0.604. The maximum atomic E-state index is 3.54. The summed E-state index contributed by atoms with van der Waals surface area (Å²) in [5, 5.41) is 3.54. The van der Waals surface area contributed by atoms with Crippen LogP contribution in [0.15, 0.2) is 0 Å². The molecule has 0 radical (unpaired) electrons. The van der Waals surface area contributed by atoms with E-state index < -0.39 is 0 Å². The molecule has 0 aromatic rings. The third-order valence-corrected chi connectivity index (χ3v) is 4.41. The van der Waals surface area contributed by atoms with Crippen molar-refractivity contribution >= 4 is 0 Å². The topological polar surface area (TPSA) is 15.3 Å². The molecule has 1 heterocycles. The molecule has 2 nitrogen and oxygen atoms in total. The Morgan fingerprint density at radius 2 is 1.47 bits per heavy atom. The summed E-state index contributed by atoms with van der Waals surface area (Å²) in [6.07, 6.45) is 16.3. The van der Waals surface area contributed by atoms with Crippen molar-refractivity contribution in [3.63, 3.8) is 0 Å². The van der Waals surface area contributed by atoms with Crippen LogP contribution in [0.5, 0.6) is 0 Å². The van der Waals surface area contributed by atoms with Crippen LogP contribution in [0.4, 0.5) is 0 Å². The first-order chi connectivity index (χ1) is 9.34. The van der Waals surface area contributed by atoms with Crippen molar-refractivity contribution in [1.82, 2.24) is 10.2 Å². The summed E-state index contributed by atoms with van der Waals surface area (Å²) < 4.78 is 0. The van der Waals surface area contributed by atoms with E-state index in [0.717, 1.165) is 0 Å². The lowest BCUT2D eigenvalue weighted by atomic mass is 10.1. The van der Waals surface area contributed by atoms with Crippen LogP contribution < -0.4 is 5.32 Å². The van der Waals surface area contributed by atoms with E-state index in [1.54, 1.807) is 0 Å². The van der Waals surface area contributed by atoms with E-state index in [4.69, 9.17) is 0 Å². The molecule has 1 saturated heterocycles. The standard InChI is InChI=1S/C17H36N2/c1-3-4-5-6-7-8-9-10-11-12-15-19-16-13-14-18-17(19)2/h17-18H,3-16H2,1-2H3. The molecule has 1 fully saturated rings. The first-order valence-electron chi connectivity index (χ1n) is 8.82. The minimum Gasteiger partial charge on any atom is -0.302 e. The fourth-order valence-electron chi connectivity index (χ4n) is 3.02. The Labute approximate surface area is 121 Å². The zero-order valence-electron chi connectivity index (χ0n) is 13.4. The summed E-state index contributed by atoms with van der Waals surface area (Å²) in [4.78, 5) is 2.61. The highest BCUT2D eigenvalue weighted by Gasteiger charge is 2.15. The van der Waals surface area contributed by atoms with Crippen LogP contribution in [0, 0.1) is 0 Å². The van der Waals surface area contributed by atoms with E-state index >= 15 is 0 Å². The SMILES string of the molecule is CCCCCCCCCCCCN1CCCNC1C. The number of nitrogens with zero attached hydrogens (tertiary/aromatic N) is 1. The maximum absolute atomic E-state index is 3.54. The van der Waals surface area contributed by atoms with Gasteiger partial charge in [0.2, 0.25) is 0 Å². The lowest BCUT2D eigenvalue weighted by molar-refractivity contribution is 0.141. The lowest BCUT2D eigenvalue weighted by Gasteiger charge is -2.34. The van der Waals surface area contributed by atoms with Gasteiger partial charge in [-0.25, -0.2) is 0 Å². The Balaban J connectivity index is 1.80. The van der Waals surface area contributed by atoms with Crippen molar-refractivity contribution < 1.29 is 0 Å². The molecule has 0 bridgehead atoms. The van der Waals surface area contributed by atoms with Gasteiger partial charge < -0.3 is 5.32 Å². The molecule has 19 heavy (non-hydrogen) atoms. The van der Waals surface area contributed by atoms with Crippen molar-refractivity contribution in [2.75, 3.05) is 19.6 Å². The van der Waals surface area contributed by atoms with Crippen molar-refractivity contribution in [1.29, 1.82) is 0 Å². The second-order valence-corrected chi connectivity index (χ2v) is 6.20. The van der Waals surface area contributed by atoms with E-state index in [1.807, 2.05) is 0 Å². The third-order valence-electron chi connectivity index (χ3n) is 4.41. The Morgan fingerprint density at radius 3 is 2.05 bits per heavy atom. The van der Waals surface area contributed by atoms with Crippen molar-refractivity contribution in [2.45, 2.75) is 90.6 Å². The van der Waals surface area contributed by atoms with E-state index in [1.165, 1.54) is 90.3 Å². The molecule has 1 unspecified atom stereocenters. The molecule has 1 rings (SSSR count). The Morgan fingerprint density at radius 1 is 0.895 bits per heavy atom. The summed E-state index contributed by atoms with van der Waals surface area (Å²) in [5.41, 5.74) is 0. The van der Waals surface area contributed by atoms with Crippen LogP contribution in [-0.4, -0.2) is 30.7 Å². The first kappa shape index (κ1) is 17.0. The second-order valence-electron chi connectivity index (χ2n) is 6.20. The number of hydrogen-bond acceptors (Lipinski definition) is 2. The average molecular weight is 268 g/mol. The van der Waals surface area contributed by atoms with Gasteiger partial charge in [-0.2, -0.15) is 0 Å². The number of nitrogens with one attached hydrogen (secondary N) is 1. The van der Waals surface area contributed by atoms with Crippen LogP contribution in [0.1, 0.15) is 84.5 Å². The number of unbranched alkanes of at least 4 members (excludes halogenated alkanes) is 9. The van der Waals surface area contributed by atoms with Gasteiger partial charge in [0.05, 0.1) is 6.17 Å². The second kappa shape index (κ2) is 11.7. The molecular formula is C17H36N2. The Hall–Kier alpha value is -0.0800. The summed E-state index contributed by atoms with van der Waals surface area (Å²) in [7, 11) is 0. The summed E-state index contributed by atoms with van der Waals surface area (Å²) in [6.45, 7) is 8.39. The summed E-state index contributed by atoms with van der Waals surface area (Å²) in [5.74, 6) is 0. The molecular weight excluding hydrogens is 232 g/mol. The molecule has 0 amide bonds. The average Bonchev–Trinajstić information content (AvgIpc) is 2.43. The predicted molar refractivity (Wildman–Crippen MR) is 85.5 cm³/mol. The zero-order chi connectivity index (χ0) is 13.8. The van der Waals surface area contributed by atoms with Crippen LogP contribution in [0.25, 0.3) is 0 Å². The molecule has 1 N–H and O–H groups in total. The van der Waals surface area contributed by atoms with Gasteiger partial charge in [-0.15, -0.1) is 0 Å². The first-order valence-corrected chi connectivity index (χ1v) is 8.82.